The number of carbonyl (C=O) groups is 1. The Morgan fingerprint density at radius 2 is 1.93 bits per heavy atom. The molecule has 1 unspecified atom stereocenters. The molecule has 0 fully saturated rings. The zero-order valence-corrected chi connectivity index (χ0v) is 9.68. The van der Waals surface area contributed by atoms with Crippen LogP contribution in [0.25, 0.3) is 0 Å². The second-order valence-electron chi connectivity index (χ2n) is 2.93. The SMILES string of the molecule is CCOC(=O)C(N)c1cc(Cl)cc(Cl)c1. The van der Waals surface area contributed by atoms with Gasteiger partial charge in [0.05, 0.1) is 6.61 Å². The van der Waals surface area contributed by atoms with Crippen LogP contribution >= 0.6 is 23.2 Å². The summed E-state index contributed by atoms with van der Waals surface area (Å²) in [6, 6.07) is 3.91. The monoisotopic (exact) mass is 247 g/mol. The Balaban J connectivity index is 2.90. The van der Waals surface area contributed by atoms with E-state index in [2.05, 4.69) is 0 Å². The molecule has 1 aromatic carbocycles. The van der Waals surface area contributed by atoms with E-state index < -0.39 is 12.0 Å². The fourth-order valence-electron chi connectivity index (χ4n) is 1.12. The van der Waals surface area contributed by atoms with Gasteiger partial charge in [-0.15, -0.1) is 0 Å². The summed E-state index contributed by atoms with van der Waals surface area (Å²) in [5, 5.41) is 0.884. The Bertz CT molecular complexity index is 348. The number of benzene rings is 1. The second-order valence-corrected chi connectivity index (χ2v) is 3.81. The summed E-state index contributed by atoms with van der Waals surface area (Å²) < 4.78 is 4.79. The van der Waals surface area contributed by atoms with Crippen molar-refractivity contribution in [1.82, 2.24) is 0 Å². The van der Waals surface area contributed by atoms with Crippen LogP contribution in [0, 0.1) is 0 Å². The molecule has 1 aromatic rings. The van der Waals surface area contributed by atoms with E-state index in [1.54, 1.807) is 25.1 Å². The molecular formula is C10H11Cl2NO2. The summed E-state index contributed by atoms with van der Waals surface area (Å²) in [7, 11) is 0. The van der Waals surface area contributed by atoms with Crippen LogP contribution in [-0.2, 0) is 9.53 Å². The van der Waals surface area contributed by atoms with E-state index in [0.29, 0.717) is 22.2 Å². The van der Waals surface area contributed by atoms with Crippen molar-refractivity contribution in [1.29, 1.82) is 0 Å². The molecule has 0 bridgehead atoms. The van der Waals surface area contributed by atoms with Crippen molar-refractivity contribution in [2.24, 2.45) is 5.73 Å². The predicted molar refractivity (Wildman–Crippen MR) is 60.0 cm³/mol. The standard InChI is InChI=1S/C10H11Cl2NO2/c1-2-15-10(14)9(13)6-3-7(11)5-8(12)4-6/h3-5,9H,2,13H2,1H3. The minimum atomic E-state index is -0.846. The van der Waals surface area contributed by atoms with Crippen LogP contribution in [0.15, 0.2) is 18.2 Å². The van der Waals surface area contributed by atoms with Crippen molar-refractivity contribution >= 4 is 29.2 Å². The van der Waals surface area contributed by atoms with Gasteiger partial charge in [-0.2, -0.15) is 0 Å². The molecule has 15 heavy (non-hydrogen) atoms. The van der Waals surface area contributed by atoms with E-state index in [1.165, 1.54) is 0 Å². The lowest BCUT2D eigenvalue weighted by Gasteiger charge is -2.11. The normalized spacial score (nSPS) is 12.3. The molecule has 1 atom stereocenters. The van der Waals surface area contributed by atoms with Gasteiger partial charge in [0.1, 0.15) is 6.04 Å². The van der Waals surface area contributed by atoms with Crippen molar-refractivity contribution in [2.45, 2.75) is 13.0 Å². The molecular weight excluding hydrogens is 237 g/mol. The number of esters is 1. The minimum Gasteiger partial charge on any atom is -0.465 e. The van der Waals surface area contributed by atoms with Gasteiger partial charge in [0.25, 0.3) is 0 Å². The number of halogens is 2. The van der Waals surface area contributed by atoms with Gasteiger partial charge in [-0.1, -0.05) is 23.2 Å². The lowest BCUT2D eigenvalue weighted by atomic mass is 10.1. The van der Waals surface area contributed by atoms with Crippen LogP contribution in [0.3, 0.4) is 0 Å². The van der Waals surface area contributed by atoms with Gasteiger partial charge in [0.15, 0.2) is 0 Å². The molecule has 0 amide bonds. The Labute approximate surface area is 98.1 Å². The van der Waals surface area contributed by atoms with Gasteiger partial charge >= 0.3 is 5.97 Å². The molecule has 5 heteroatoms. The molecule has 0 saturated heterocycles. The van der Waals surface area contributed by atoms with Crippen molar-refractivity contribution in [2.75, 3.05) is 6.61 Å². The highest BCUT2D eigenvalue weighted by molar-refractivity contribution is 6.34. The highest BCUT2D eigenvalue weighted by atomic mass is 35.5. The van der Waals surface area contributed by atoms with Crippen LogP contribution < -0.4 is 5.73 Å². The van der Waals surface area contributed by atoms with Crippen molar-refractivity contribution < 1.29 is 9.53 Å². The van der Waals surface area contributed by atoms with E-state index in [9.17, 15) is 4.79 Å². The van der Waals surface area contributed by atoms with Crippen LogP contribution in [0.5, 0.6) is 0 Å². The molecule has 0 heterocycles. The van der Waals surface area contributed by atoms with E-state index in [1.807, 2.05) is 0 Å². The maximum absolute atomic E-state index is 11.3. The third kappa shape index (κ3) is 3.38. The quantitative estimate of drug-likeness (QED) is 0.836. The highest BCUT2D eigenvalue weighted by Gasteiger charge is 2.17. The lowest BCUT2D eigenvalue weighted by Crippen LogP contribution is -2.23. The first-order valence-electron chi connectivity index (χ1n) is 4.42. The van der Waals surface area contributed by atoms with Crippen LogP contribution in [0.1, 0.15) is 18.5 Å². The summed E-state index contributed by atoms with van der Waals surface area (Å²) in [4.78, 5) is 11.3. The fourth-order valence-corrected chi connectivity index (χ4v) is 1.67. The third-order valence-corrected chi connectivity index (χ3v) is 2.22. The zero-order chi connectivity index (χ0) is 11.4. The number of carbonyl (C=O) groups excluding carboxylic acids is 1. The van der Waals surface area contributed by atoms with E-state index in [-0.39, 0.29) is 0 Å². The summed E-state index contributed by atoms with van der Waals surface area (Å²) in [6.45, 7) is 2.01. The Kier molecular flexibility index (Phi) is 4.39. The number of ether oxygens (including phenoxy) is 1. The molecule has 0 radical (unpaired) electrons. The van der Waals surface area contributed by atoms with Gasteiger partial charge in [0, 0.05) is 10.0 Å². The second kappa shape index (κ2) is 5.35. The van der Waals surface area contributed by atoms with Gasteiger partial charge in [-0.25, -0.2) is 4.79 Å². The van der Waals surface area contributed by atoms with Gasteiger partial charge in [-0.3, -0.25) is 0 Å². The number of hydrogen-bond acceptors (Lipinski definition) is 3. The fraction of sp³-hybridized carbons (Fsp3) is 0.300. The van der Waals surface area contributed by atoms with Gasteiger partial charge in [0.2, 0.25) is 0 Å². The topological polar surface area (TPSA) is 52.3 Å². The molecule has 0 aliphatic carbocycles. The van der Waals surface area contributed by atoms with Gasteiger partial charge in [-0.05, 0) is 30.7 Å². The number of rotatable bonds is 3. The Morgan fingerprint density at radius 3 is 2.40 bits per heavy atom. The summed E-state index contributed by atoms with van der Waals surface area (Å²) in [5.41, 5.74) is 6.22. The van der Waals surface area contributed by atoms with Crippen LogP contribution in [0.2, 0.25) is 10.0 Å². The summed E-state index contributed by atoms with van der Waals surface area (Å²) in [6.07, 6.45) is 0. The number of hydrogen-bond donors (Lipinski definition) is 1. The van der Waals surface area contributed by atoms with Crippen LogP contribution in [0.4, 0.5) is 0 Å². The van der Waals surface area contributed by atoms with Crippen molar-refractivity contribution in [3.8, 4) is 0 Å². The third-order valence-electron chi connectivity index (χ3n) is 1.78. The van der Waals surface area contributed by atoms with Crippen molar-refractivity contribution in [3.05, 3.63) is 33.8 Å². The molecule has 0 aliphatic rings. The molecule has 0 aromatic heterocycles. The first-order valence-corrected chi connectivity index (χ1v) is 5.18. The molecule has 0 saturated carbocycles. The highest BCUT2D eigenvalue weighted by Crippen LogP contribution is 2.23. The maximum atomic E-state index is 11.3. The minimum absolute atomic E-state index is 0.292. The molecule has 0 aliphatic heterocycles. The first kappa shape index (κ1) is 12.3. The lowest BCUT2D eigenvalue weighted by molar-refractivity contribution is -0.144. The van der Waals surface area contributed by atoms with E-state index >= 15 is 0 Å². The first-order chi connectivity index (χ1) is 7.04. The molecule has 1 rings (SSSR count). The average molecular weight is 248 g/mol. The van der Waals surface area contributed by atoms with Crippen molar-refractivity contribution in [3.63, 3.8) is 0 Å². The van der Waals surface area contributed by atoms with E-state index in [4.69, 9.17) is 33.7 Å². The van der Waals surface area contributed by atoms with E-state index in [0.717, 1.165) is 0 Å². The summed E-state index contributed by atoms with van der Waals surface area (Å²) >= 11 is 11.6. The predicted octanol–water partition coefficient (Wildman–Crippen LogP) is 2.56. The molecule has 82 valence electrons. The zero-order valence-electron chi connectivity index (χ0n) is 8.17. The van der Waals surface area contributed by atoms with Crippen LogP contribution in [-0.4, -0.2) is 12.6 Å². The molecule has 0 spiro atoms. The summed E-state index contributed by atoms with van der Waals surface area (Å²) in [5.74, 6) is -0.490. The molecule has 3 nitrogen and oxygen atoms in total. The number of nitrogens with two attached hydrogens (primary N) is 1. The molecule has 2 N–H and O–H groups in total. The largest absolute Gasteiger partial charge is 0.465 e. The maximum Gasteiger partial charge on any atom is 0.327 e. The smallest absolute Gasteiger partial charge is 0.327 e. The van der Waals surface area contributed by atoms with Gasteiger partial charge < -0.3 is 10.5 Å². The average Bonchev–Trinajstić information content (AvgIpc) is 2.15. The Hall–Kier alpha value is -0.770. The Morgan fingerprint density at radius 1 is 1.40 bits per heavy atom.